The summed E-state index contributed by atoms with van der Waals surface area (Å²) in [6, 6.07) is 1.83. The molecule has 138 valence electrons. The summed E-state index contributed by atoms with van der Waals surface area (Å²) in [7, 11) is 0. The van der Waals surface area contributed by atoms with Crippen LogP contribution < -0.4 is 5.73 Å². The van der Waals surface area contributed by atoms with Crippen molar-refractivity contribution in [1.29, 1.82) is 0 Å². The van der Waals surface area contributed by atoms with E-state index in [4.69, 9.17) is 5.73 Å². The van der Waals surface area contributed by atoms with Crippen LogP contribution in [0.15, 0.2) is 6.07 Å². The molecule has 0 aromatic carbocycles. The molecule has 2 saturated heterocycles. The Hall–Kier alpha value is -2.05. The minimum atomic E-state index is -0.421. The Bertz CT molecular complexity index is 641. The number of aromatic nitrogens is 2. The first kappa shape index (κ1) is 17.8. The number of nitrogens with two attached hydrogens (primary N) is 1. The summed E-state index contributed by atoms with van der Waals surface area (Å²) < 4.78 is 2.02. The number of carbonyl (C=O) groups excluding carboxylic acids is 2. The SMILES string of the molecule is Cc1cc(C)n(C[C@H]2CCCCN2C(=O)[C@H]2CCCN(C(N)=O)C2)n1. The van der Waals surface area contributed by atoms with Crippen molar-refractivity contribution in [1.82, 2.24) is 19.6 Å². The minimum absolute atomic E-state index is 0.123. The van der Waals surface area contributed by atoms with Crippen LogP contribution in [-0.4, -0.2) is 57.2 Å². The van der Waals surface area contributed by atoms with Crippen LogP contribution >= 0.6 is 0 Å². The zero-order valence-corrected chi connectivity index (χ0v) is 15.3. The van der Waals surface area contributed by atoms with E-state index in [2.05, 4.69) is 18.1 Å². The van der Waals surface area contributed by atoms with Crippen LogP contribution in [0.3, 0.4) is 0 Å². The Kier molecular flexibility index (Phi) is 5.30. The number of amides is 3. The van der Waals surface area contributed by atoms with E-state index in [-0.39, 0.29) is 17.9 Å². The van der Waals surface area contributed by atoms with Crippen LogP contribution in [0.5, 0.6) is 0 Å². The fraction of sp³-hybridized carbons (Fsp3) is 0.722. The summed E-state index contributed by atoms with van der Waals surface area (Å²) >= 11 is 0. The van der Waals surface area contributed by atoms with Crippen molar-refractivity contribution in [3.63, 3.8) is 0 Å². The number of aryl methyl sites for hydroxylation is 2. The molecule has 0 spiro atoms. The van der Waals surface area contributed by atoms with E-state index in [1.807, 2.05) is 16.5 Å². The van der Waals surface area contributed by atoms with Crippen LogP contribution in [0.4, 0.5) is 4.79 Å². The highest BCUT2D eigenvalue weighted by molar-refractivity contribution is 5.81. The van der Waals surface area contributed by atoms with Crippen LogP contribution in [0.2, 0.25) is 0 Å². The van der Waals surface area contributed by atoms with Crippen molar-refractivity contribution in [2.75, 3.05) is 19.6 Å². The first-order valence-electron chi connectivity index (χ1n) is 9.31. The van der Waals surface area contributed by atoms with Gasteiger partial charge in [0.15, 0.2) is 0 Å². The number of nitrogens with zero attached hydrogens (tertiary/aromatic N) is 4. The van der Waals surface area contributed by atoms with E-state index >= 15 is 0 Å². The van der Waals surface area contributed by atoms with Crippen molar-refractivity contribution in [2.45, 2.75) is 58.5 Å². The monoisotopic (exact) mass is 347 g/mol. The first-order chi connectivity index (χ1) is 12.0. The Balaban J connectivity index is 1.70. The number of piperidine rings is 2. The lowest BCUT2D eigenvalue weighted by molar-refractivity contribution is -0.141. The van der Waals surface area contributed by atoms with Gasteiger partial charge < -0.3 is 15.5 Å². The second-order valence-corrected chi connectivity index (χ2v) is 7.41. The molecule has 0 radical (unpaired) electrons. The summed E-state index contributed by atoms with van der Waals surface area (Å²) in [5.74, 6) is 0.0551. The molecule has 1 aromatic heterocycles. The molecule has 2 atom stereocenters. The Morgan fingerprint density at radius 3 is 2.68 bits per heavy atom. The van der Waals surface area contributed by atoms with Crippen molar-refractivity contribution in [2.24, 2.45) is 11.7 Å². The predicted molar refractivity (Wildman–Crippen MR) is 94.9 cm³/mol. The third-order valence-electron chi connectivity index (χ3n) is 5.48. The van der Waals surface area contributed by atoms with Crippen LogP contribution in [0.1, 0.15) is 43.5 Å². The van der Waals surface area contributed by atoms with E-state index in [1.165, 1.54) is 0 Å². The fourth-order valence-electron chi connectivity index (χ4n) is 4.15. The molecule has 3 amide bonds. The van der Waals surface area contributed by atoms with Gasteiger partial charge >= 0.3 is 6.03 Å². The summed E-state index contributed by atoms with van der Waals surface area (Å²) in [5, 5.41) is 4.56. The molecule has 3 rings (SSSR count). The van der Waals surface area contributed by atoms with Gasteiger partial charge in [-0.25, -0.2) is 4.79 Å². The van der Waals surface area contributed by atoms with Crippen molar-refractivity contribution >= 4 is 11.9 Å². The fourth-order valence-corrected chi connectivity index (χ4v) is 4.15. The number of rotatable bonds is 3. The van der Waals surface area contributed by atoms with E-state index in [0.29, 0.717) is 13.1 Å². The number of carbonyl (C=O) groups is 2. The van der Waals surface area contributed by atoms with Crippen molar-refractivity contribution in [3.8, 4) is 0 Å². The molecule has 2 fully saturated rings. The lowest BCUT2D eigenvalue weighted by Gasteiger charge is -2.40. The molecule has 7 nitrogen and oxygen atoms in total. The number of urea groups is 1. The molecular weight excluding hydrogens is 318 g/mol. The van der Waals surface area contributed by atoms with Gasteiger partial charge in [0.1, 0.15) is 0 Å². The maximum Gasteiger partial charge on any atom is 0.314 e. The van der Waals surface area contributed by atoms with Crippen LogP contribution in [0.25, 0.3) is 0 Å². The van der Waals surface area contributed by atoms with Gasteiger partial charge in [0.25, 0.3) is 0 Å². The van der Waals surface area contributed by atoms with Gasteiger partial charge in [-0.15, -0.1) is 0 Å². The Morgan fingerprint density at radius 2 is 2.00 bits per heavy atom. The highest BCUT2D eigenvalue weighted by Crippen LogP contribution is 2.25. The number of likely N-dealkylation sites (tertiary alicyclic amines) is 2. The van der Waals surface area contributed by atoms with Gasteiger partial charge in [0.05, 0.1) is 24.2 Å². The second kappa shape index (κ2) is 7.45. The molecule has 1 aromatic rings. The summed E-state index contributed by atoms with van der Waals surface area (Å²) in [6.45, 7) is 6.72. The van der Waals surface area contributed by atoms with Crippen LogP contribution in [0, 0.1) is 19.8 Å². The largest absolute Gasteiger partial charge is 0.351 e. The standard InChI is InChI=1S/C18H29N5O2/c1-13-10-14(2)23(20-13)12-16-7-3-4-9-22(16)17(24)15-6-5-8-21(11-15)18(19)25/h10,15-16H,3-9,11-12H2,1-2H3,(H2,19,25)/t15-,16+/m0/s1. The van der Waals surface area contributed by atoms with Crippen LogP contribution in [-0.2, 0) is 11.3 Å². The molecule has 0 bridgehead atoms. The maximum atomic E-state index is 13.1. The average Bonchev–Trinajstić information content (AvgIpc) is 2.92. The molecule has 3 heterocycles. The van der Waals surface area contributed by atoms with E-state index in [1.54, 1.807) is 4.90 Å². The molecule has 2 aliphatic rings. The van der Waals surface area contributed by atoms with Gasteiger partial charge in [-0.2, -0.15) is 5.10 Å². The van der Waals surface area contributed by atoms with Gasteiger partial charge in [-0.1, -0.05) is 0 Å². The third kappa shape index (κ3) is 3.96. The minimum Gasteiger partial charge on any atom is -0.351 e. The lowest BCUT2D eigenvalue weighted by Crippen LogP contribution is -2.52. The molecular formula is C18H29N5O2. The van der Waals surface area contributed by atoms with E-state index < -0.39 is 6.03 Å². The van der Waals surface area contributed by atoms with Gasteiger partial charge in [-0.05, 0) is 52.0 Å². The van der Waals surface area contributed by atoms with Crippen molar-refractivity contribution in [3.05, 3.63) is 17.5 Å². The van der Waals surface area contributed by atoms with Gasteiger partial charge in [0, 0.05) is 25.3 Å². The Morgan fingerprint density at radius 1 is 1.20 bits per heavy atom. The normalized spacial score (nSPS) is 24.4. The molecule has 2 N–H and O–H groups in total. The molecule has 0 unspecified atom stereocenters. The third-order valence-corrected chi connectivity index (χ3v) is 5.48. The quantitative estimate of drug-likeness (QED) is 0.902. The summed E-state index contributed by atoms with van der Waals surface area (Å²) in [6.07, 6.45) is 4.88. The van der Waals surface area contributed by atoms with Gasteiger partial charge in [-0.3, -0.25) is 9.48 Å². The number of primary amides is 1. The zero-order valence-electron chi connectivity index (χ0n) is 15.3. The summed E-state index contributed by atoms with van der Waals surface area (Å²) in [5.41, 5.74) is 7.55. The average molecular weight is 347 g/mol. The second-order valence-electron chi connectivity index (χ2n) is 7.41. The number of hydrogen-bond donors (Lipinski definition) is 1. The van der Waals surface area contributed by atoms with E-state index in [0.717, 1.165) is 56.6 Å². The highest BCUT2D eigenvalue weighted by atomic mass is 16.2. The highest BCUT2D eigenvalue weighted by Gasteiger charge is 2.35. The number of hydrogen-bond acceptors (Lipinski definition) is 3. The first-order valence-corrected chi connectivity index (χ1v) is 9.31. The smallest absolute Gasteiger partial charge is 0.314 e. The predicted octanol–water partition coefficient (Wildman–Crippen LogP) is 1.67. The topological polar surface area (TPSA) is 84.5 Å². The van der Waals surface area contributed by atoms with E-state index in [9.17, 15) is 9.59 Å². The lowest BCUT2D eigenvalue weighted by atomic mass is 9.93. The Labute approximate surface area is 149 Å². The molecule has 0 aliphatic carbocycles. The molecule has 7 heteroatoms. The van der Waals surface area contributed by atoms with Gasteiger partial charge in [0.2, 0.25) is 5.91 Å². The molecule has 2 aliphatic heterocycles. The maximum absolute atomic E-state index is 13.1. The van der Waals surface area contributed by atoms with Crippen molar-refractivity contribution < 1.29 is 9.59 Å². The molecule has 0 saturated carbocycles. The summed E-state index contributed by atoms with van der Waals surface area (Å²) in [4.78, 5) is 28.2. The molecule has 25 heavy (non-hydrogen) atoms. The zero-order chi connectivity index (χ0) is 18.0.